The molecule has 0 aliphatic carbocycles. The lowest BCUT2D eigenvalue weighted by Gasteiger charge is -2.35. The van der Waals surface area contributed by atoms with E-state index in [2.05, 4.69) is 43.5 Å². The van der Waals surface area contributed by atoms with E-state index in [1.807, 2.05) is 47.5 Å². The summed E-state index contributed by atoms with van der Waals surface area (Å²) in [6, 6.07) is 7.72. The molecule has 2 fully saturated rings. The second kappa shape index (κ2) is 14.9. The molecule has 0 spiro atoms. The molecule has 60 heavy (non-hydrogen) atoms. The number of rotatable bonds is 10. The maximum Gasteiger partial charge on any atom is 0.197 e. The molecule has 2 aliphatic rings. The van der Waals surface area contributed by atoms with E-state index >= 15 is 4.79 Å². The Morgan fingerprint density at radius 1 is 0.700 bits per heavy atom. The summed E-state index contributed by atoms with van der Waals surface area (Å²) in [6.07, 6.45) is 3.58. The normalized spacial score (nSPS) is 17.6. The molecule has 2 saturated heterocycles. The average molecular weight is 847 g/mol. The molecule has 0 radical (unpaired) electrons. The predicted octanol–water partition coefficient (Wildman–Crippen LogP) is 6.76. The van der Waals surface area contributed by atoms with E-state index in [4.69, 9.17) is 40.9 Å². The van der Waals surface area contributed by atoms with Gasteiger partial charge in [-0.2, -0.15) is 0 Å². The maximum absolute atomic E-state index is 15.9. The molecule has 0 bridgehead atoms. The number of anilines is 2. The second-order valence-electron chi connectivity index (χ2n) is 15.9. The van der Waals surface area contributed by atoms with Crippen molar-refractivity contribution >= 4 is 82.6 Å². The summed E-state index contributed by atoms with van der Waals surface area (Å²) < 4.78 is 20.8. The Bertz CT molecular complexity index is 2770. The van der Waals surface area contributed by atoms with Gasteiger partial charge in [0.25, 0.3) is 0 Å². The number of aryl methyl sites for hydroxylation is 4. The molecule has 0 saturated carbocycles. The first-order chi connectivity index (χ1) is 29.1. The summed E-state index contributed by atoms with van der Waals surface area (Å²) in [5, 5.41) is 4.13. The molecule has 17 heteroatoms. The van der Waals surface area contributed by atoms with Crippen molar-refractivity contribution < 1.29 is 14.3 Å². The zero-order chi connectivity index (χ0) is 41.6. The van der Waals surface area contributed by atoms with E-state index in [9.17, 15) is 0 Å². The zero-order valence-corrected chi connectivity index (χ0v) is 36.5. The van der Waals surface area contributed by atoms with E-state index in [1.165, 1.54) is 0 Å². The van der Waals surface area contributed by atoms with E-state index in [0.717, 1.165) is 107 Å². The first kappa shape index (κ1) is 38.7. The fourth-order valence-electron chi connectivity index (χ4n) is 9.58. The molecule has 2 aromatic carbocycles. The highest BCUT2D eigenvalue weighted by Crippen LogP contribution is 2.45. The number of methoxy groups -OCH3 is 2. The lowest BCUT2D eigenvalue weighted by Crippen LogP contribution is -2.44. The van der Waals surface area contributed by atoms with Crippen LogP contribution in [-0.2, 0) is 27.2 Å². The number of ether oxygens (including phenoxy) is 2. The fraction of sp³-hybridized carbons (Fsp3) is 0.419. The molecule has 8 heterocycles. The van der Waals surface area contributed by atoms with Crippen molar-refractivity contribution in [1.29, 1.82) is 0 Å². The standard InChI is InChI=1S/C43H50N12O3S2/c1-7-54-40(46-27-13-17-59-42(27)54)38-48-31-33(52-15-9-11-23(44)21-52)25(19-29(57-5)35(31)50(38)3)37(56)26-20-30(58-6)36-32(34(26)53-16-10-12-24(45)22-53)49-39(51(36)4)41-47-28-14-18-60-43(28)55(41)8-2/h13-14,17-20,23-24H,7-12,15-16,21-22,44-45H2,1-6H3/t23-,24-/m1/s1. The summed E-state index contributed by atoms with van der Waals surface area (Å²) in [7, 11) is 7.27. The van der Waals surface area contributed by atoms with Crippen molar-refractivity contribution in [1.82, 2.24) is 38.2 Å². The third-order valence-corrected chi connectivity index (χ3v) is 14.2. The van der Waals surface area contributed by atoms with Crippen LogP contribution in [0.15, 0.2) is 35.0 Å². The van der Waals surface area contributed by atoms with Gasteiger partial charge in [-0.1, -0.05) is 0 Å². The molecule has 15 nitrogen and oxygen atoms in total. The number of nitrogens with zero attached hydrogens (tertiary/aromatic N) is 10. The molecule has 4 N–H and O–H groups in total. The Labute approximate surface area is 355 Å². The maximum atomic E-state index is 15.9. The summed E-state index contributed by atoms with van der Waals surface area (Å²) in [5.41, 5.74) is 20.5. The molecule has 8 aromatic rings. The number of carbonyl (C=O) groups is 1. The van der Waals surface area contributed by atoms with Crippen molar-refractivity contribution in [2.75, 3.05) is 50.2 Å². The van der Waals surface area contributed by atoms with Crippen LogP contribution in [0.4, 0.5) is 11.4 Å². The predicted molar refractivity (Wildman–Crippen MR) is 241 cm³/mol. The van der Waals surface area contributed by atoms with E-state index in [0.29, 0.717) is 58.4 Å². The first-order valence-electron chi connectivity index (χ1n) is 20.7. The number of carbonyl (C=O) groups excluding carboxylic acids is 1. The van der Waals surface area contributed by atoms with Crippen molar-refractivity contribution in [3.8, 4) is 34.8 Å². The third kappa shape index (κ3) is 5.84. The Morgan fingerprint density at radius 3 is 1.52 bits per heavy atom. The summed E-state index contributed by atoms with van der Waals surface area (Å²) in [4.78, 5) is 43.5. The van der Waals surface area contributed by atoms with Crippen molar-refractivity contribution in [2.45, 2.75) is 64.7 Å². The highest BCUT2D eigenvalue weighted by Gasteiger charge is 2.35. The zero-order valence-electron chi connectivity index (χ0n) is 34.9. The number of hydrogen-bond donors (Lipinski definition) is 2. The van der Waals surface area contributed by atoms with E-state index < -0.39 is 0 Å². The number of imidazole rings is 4. The number of fused-ring (bicyclic) bond motifs is 4. The lowest BCUT2D eigenvalue weighted by atomic mass is 9.94. The minimum Gasteiger partial charge on any atom is -0.494 e. The minimum atomic E-state index is -0.191. The average Bonchev–Trinajstić information content (AvgIpc) is 4.11. The number of piperidine rings is 2. The Morgan fingerprint density at radius 2 is 1.13 bits per heavy atom. The number of ketones is 1. The molecule has 0 unspecified atom stereocenters. The summed E-state index contributed by atoms with van der Waals surface area (Å²) in [5.74, 6) is 3.81. The topological polar surface area (TPSA) is 165 Å². The Balaban J connectivity index is 1.24. The molecule has 0 amide bonds. The lowest BCUT2D eigenvalue weighted by molar-refractivity contribution is 0.103. The Hall–Kier alpha value is -5.49. The van der Waals surface area contributed by atoms with Crippen LogP contribution in [0.1, 0.15) is 55.5 Å². The van der Waals surface area contributed by atoms with Crippen LogP contribution in [0.3, 0.4) is 0 Å². The van der Waals surface area contributed by atoms with Gasteiger partial charge in [-0.15, -0.1) is 22.7 Å². The van der Waals surface area contributed by atoms with Crippen LogP contribution in [0.2, 0.25) is 0 Å². The van der Waals surface area contributed by atoms with Gasteiger partial charge in [-0.25, -0.2) is 19.9 Å². The highest BCUT2D eigenvalue weighted by atomic mass is 32.1. The first-order valence-corrected chi connectivity index (χ1v) is 22.5. The van der Waals surface area contributed by atoms with Crippen molar-refractivity contribution in [2.24, 2.45) is 25.6 Å². The molecule has 312 valence electrons. The van der Waals surface area contributed by atoms with Gasteiger partial charge in [0, 0.05) is 65.4 Å². The SMILES string of the molecule is CCn1c(-c2nc3c(N4CCC[C@@H](N)C4)c(C(=O)c4cc(OC)c5c(nc(-c6nc7ccsc7n6CC)n5C)c4N4CCC[C@@H](N)C4)cc(OC)c3n2C)nc2ccsc21. The molecular formula is C43H50N12O3S2. The van der Waals surface area contributed by atoms with Gasteiger partial charge < -0.3 is 49.0 Å². The van der Waals surface area contributed by atoms with Gasteiger partial charge in [0.05, 0.1) is 36.7 Å². The quantitative estimate of drug-likeness (QED) is 0.140. The van der Waals surface area contributed by atoms with Crippen LogP contribution >= 0.6 is 22.7 Å². The molecule has 2 aliphatic heterocycles. The fourth-order valence-corrected chi connectivity index (χ4v) is 11.4. The van der Waals surface area contributed by atoms with Crippen LogP contribution in [-0.4, -0.2) is 96.5 Å². The van der Waals surface area contributed by atoms with Gasteiger partial charge in [0.2, 0.25) is 0 Å². The molecule has 10 rings (SSSR count). The van der Waals surface area contributed by atoms with E-state index in [-0.39, 0.29) is 17.9 Å². The van der Waals surface area contributed by atoms with Gasteiger partial charge in [0.15, 0.2) is 29.1 Å². The number of thiophene rings is 2. The summed E-state index contributed by atoms with van der Waals surface area (Å²) in [6.45, 7) is 8.30. The smallest absolute Gasteiger partial charge is 0.197 e. The Kier molecular flexibility index (Phi) is 9.61. The number of nitrogens with two attached hydrogens (primary N) is 2. The number of aromatic nitrogens is 8. The summed E-state index contributed by atoms with van der Waals surface area (Å²) >= 11 is 3.33. The minimum absolute atomic E-state index is 0.0625. The second-order valence-corrected chi connectivity index (χ2v) is 17.7. The van der Waals surface area contributed by atoms with Crippen LogP contribution in [0.5, 0.6) is 11.5 Å². The van der Waals surface area contributed by atoms with Crippen LogP contribution in [0, 0.1) is 0 Å². The van der Waals surface area contributed by atoms with E-state index in [1.54, 1.807) is 36.9 Å². The monoisotopic (exact) mass is 846 g/mol. The molecule has 2 atom stereocenters. The third-order valence-electron chi connectivity index (χ3n) is 12.4. The number of benzene rings is 2. The van der Waals surface area contributed by atoms with Gasteiger partial charge >= 0.3 is 0 Å². The largest absolute Gasteiger partial charge is 0.494 e. The van der Waals surface area contributed by atoms with Crippen molar-refractivity contribution in [3.63, 3.8) is 0 Å². The molecule has 6 aromatic heterocycles. The van der Waals surface area contributed by atoms with Crippen molar-refractivity contribution in [3.05, 3.63) is 46.2 Å². The molecular weight excluding hydrogens is 797 g/mol. The van der Waals surface area contributed by atoms with Gasteiger partial charge in [0.1, 0.15) is 54.3 Å². The highest BCUT2D eigenvalue weighted by molar-refractivity contribution is 7.17. The van der Waals surface area contributed by atoms with Gasteiger partial charge in [-0.05, 0) is 74.6 Å². The van der Waals surface area contributed by atoms with Crippen LogP contribution in [0.25, 0.3) is 66.1 Å². The van der Waals surface area contributed by atoms with Gasteiger partial charge in [-0.3, -0.25) is 4.79 Å². The number of hydrogen-bond acceptors (Lipinski definition) is 13. The van der Waals surface area contributed by atoms with Crippen LogP contribution < -0.4 is 30.7 Å².